The highest BCUT2D eigenvalue weighted by atomic mass is 35.5. The number of benzene rings is 2. The summed E-state index contributed by atoms with van der Waals surface area (Å²) in [5.74, 6) is 0.822. The van der Waals surface area contributed by atoms with Crippen molar-refractivity contribution in [1.82, 2.24) is 19.9 Å². The van der Waals surface area contributed by atoms with Crippen molar-refractivity contribution < 1.29 is 9.59 Å². The van der Waals surface area contributed by atoms with Crippen molar-refractivity contribution in [3.8, 4) is 46.5 Å². The molecule has 4 aromatic heterocycles. The van der Waals surface area contributed by atoms with Gasteiger partial charge in [0.2, 0.25) is 11.8 Å². The number of hydrogen-bond acceptors (Lipinski definition) is 13. The van der Waals surface area contributed by atoms with Gasteiger partial charge in [-0.05, 0) is 59.7 Å². The minimum absolute atomic E-state index is 0. The van der Waals surface area contributed by atoms with Crippen LogP contribution in [0.5, 0.6) is 0 Å². The van der Waals surface area contributed by atoms with Gasteiger partial charge in [-0.15, -0.1) is 24.0 Å². The Balaban J connectivity index is 0.000000353. The number of carbonyl (C=O) groups is 2. The predicted molar refractivity (Wildman–Crippen MR) is 245 cm³/mol. The van der Waals surface area contributed by atoms with Crippen LogP contribution in [-0.4, -0.2) is 31.8 Å². The maximum atomic E-state index is 11.2. The molecule has 4 heterocycles. The lowest BCUT2D eigenvalue weighted by Crippen LogP contribution is -2.06. The molecule has 18 heteroatoms. The molecule has 0 spiro atoms. The Bertz CT molecular complexity index is 2690. The molecule has 0 saturated heterocycles. The molecule has 0 fully saturated rings. The van der Waals surface area contributed by atoms with Crippen molar-refractivity contribution in [2.75, 3.05) is 22.1 Å². The van der Waals surface area contributed by atoms with Crippen molar-refractivity contribution in [2.24, 2.45) is 0 Å². The van der Waals surface area contributed by atoms with Gasteiger partial charge >= 0.3 is 0 Å². The van der Waals surface area contributed by atoms with Gasteiger partial charge in [-0.25, -0.2) is 4.98 Å². The smallest absolute Gasteiger partial charge is 0.221 e. The van der Waals surface area contributed by atoms with E-state index in [9.17, 15) is 30.6 Å². The molecule has 6 aromatic rings. The van der Waals surface area contributed by atoms with Crippen molar-refractivity contribution in [1.29, 1.82) is 21.0 Å². The summed E-state index contributed by atoms with van der Waals surface area (Å²) in [6.45, 7) is 2.83. The summed E-state index contributed by atoms with van der Waals surface area (Å²) in [5, 5.41) is 43.8. The van der Waals surface area contributed by atoms with Crippen LogP contribution >= 0.6 is 48.0 Å². The summed E-state index contributed by atoms with van der Waals surface area (Å²) in [6.07, 6.45) is 3.43. The number of nitriles is 4. The molecule has 2 aromatic carbocycles. The first kappa shape index (κ1) is 49.8. The van der Waals surface area contributed by atoms with Crippen LogP contribution in [0.2, 0.25) is 0 Å². The molecule has 7 N–H and O–H groups in total. The number of H-pyrrole nitrogens is 1. The molecule has 0 unspecified atom stereocenters. The van der Waals surface area contributed by atoms with E-state index < -0.39 is 0 Å². The van der Waals surface area contributed by atoms with Crippen LogP contribution in [0.4, 0.5) is 23.0 Å². The molecule has 61 heavy (non-hydrogen) atoms. The third kappa shape index (κ3) is 13.6. The number of thioether (sulfide) groups is 1. The number of halogens is 2. The van der Waals surface area contributed by atoms with E-state index in [0.29, 0.717) is 50.3 Å². The van der Waals surface area contributed by atoms with Gasteiger partial charge in [0.15, 0.2) is 0 Å². The standard InChI is InChI=1S/C21H16N6OS.C15H11N5OS.C6H6ClN.CH4.ClH/c1-13(28)26-15-7-5-14(6-8-15)19-17(10-22)20(24)27-21(18(19)11-23)29-12-16-4-2-3-9-25-16;1-8(21)19-10-4-2-9(3-5-10)13-11(6-16)14(18)20-15(22)12(13)7-17;7-5-6-3-1-2-4-8-6;;/h2-9H,12H2,1H3,(H2,24,27)(H,26,28);2-5H,1H3,(H,19,21)(H3,18,20,22);1-4H,5H2;1H4;1H. The zero-order valence-electron chi connectivity index (χ0n) is 31.9. The summed E-state index contributed by atoms with van der Waals surface area (Å²) in [6, 6.07) is 33.1. The molecule has 0 aliphatic rings. The SMILES string of the molecule is C.CC(=O)Nc1ccc(-c2c(C#N)c(N)[nH]c(=S)c2C#N)cc1.CC(=O)Nc1ccc(-c2c(C#N)c(N)nc(SCc3ccccn3)c2C#N)cc1.Cl.ClCc1ccccn1. The lowest BCUT2D eigenvalue weighted by atomic mass is 9.96. The molecule has 0 aliphatic heterocycles. The highest BCUT2D eigenvalue weighted by Crippen LogP contribution is 2.37. The Kier molecular flexibility index (Phi) is 20.1. The maximum absolute atomic E-state index is 11.2. The van der Waals surface area contributed by atoms with Gasteiger partial charge in [0, 0.05) is 54.5 Å². The average molecular weight is 890 g/mol. The summed E-state index contributed by atoms with van der Waals surface area (Å²) < 4.78 is 0.180. The molecule has 6 rings (SSSR count). The summed E-state index contributed by atoms with van der Waals surface area (Å²) in [7, 11) is 0. The topological polar surface area (TPSA) is 260 Å². The number of rotatable bonds is 8. The van der Waals surface area contributed by atoms with Crippen molar-refractivity contribution in [3.63, 3.8) is 0 Å². The van der Waals surface area contributed by atoms with E-state index in [1.165, 1.54) is 25.6 Å². The van der Waals surface area contributed by atoms with Gasteiger partial charge in [0.05, 0.1) is 28.4 Å². The number of hydrogen-bond donors (Lipinski definition) is 5. The number of nitrogens with zero attached hydrogens (tertiary/aromatic N) is 7. The zero-order chi connectivity index (χ0) is 42.9. The number of nitrogen functional groups attached to an aromatic ring is 2. The minimum Gasteiger partial charge on any atom is -0.384 e. The second-order valence-electron chi connectivity index (χ2n) is 11.9. The molecule has 0 aliphatic carbocycles. The third-order valence-corrected chi connectivity index (χ3v) is 9.41. The fourth-order valence-electron chi connectivity index (χ4n) is 5.27. The van der Waals surface area contributed by atoms with E-state index in [-0.39, 0.29) is 70.2 Å². The molecule has 14 nitrogen and oxygen atoms in total. The van der Waals surface area contributed by atoms with Crippen molar-refractivity contribution in [3.05, 3.63) is 136 Å². The normalized spacial score (nSPS) is 9.43. The number of alkyl halides is 1. The first-order valence-corrected chi connectivity index (χ1v) is 19.1. The molecular formula is C43H38Cl2N12O2S2. The highest BCUT2D eigenvalue weighted by Gasteiger charge is 2.21. The van der Waals surface area contributed by atoms with E-state index in [1.54, 1.807) is 60.9 Å². The first-order chi connectivity index (χ1) is 28.4. The zero-order valence-corrected chi connectivity index (χ0v) is 35.1. The predicted octanol–water partition coefficient (Wildman–Crippen LogP) is 9.29. The lowest BCUT2D eigenvalue weighted by Gasteiger charge is -2.13. The van der Waals surface area contributed by atoms with Crippen molar-refractivity contribution >= 4 is 82.8 Å². The third-order valence-electron chi connectivity index (χ3n) is 7.82. The lowest BCUT2D eigenvalue weighted by molar-refractivity contribution is -0.115. The second kappa shape index (κ2) is 24.6. The minimum atomic E-state index is -0.186. The molecular weight excluding hydrogens is 852 g/mol. The van der Waals surface area contributed by atoms with E-state index in [4.69, 9.17) is 35.3 Å². The number of aromatic nitrogens is 4. The molecule has 0 atom stereocenters. The second-order valence-corrected chi connectivity index (χ2v) is 13.6. The molecule has 2 amide bonds. The number of carbonyl (C=O) groups excluding carboxylic acids is 2. The van der Waals surface area contributed by atoms with E-state index >= 15 is 0 Å². The van der Waals surface area contributed by atoms with Gasteiger partial charge in [0.1, 0.15) is 56.7 Å². The largest absolute Gasteiger partial charge is 0.384 e. The van der Waals surface area contributed by atoms with Gasteiger partial charge in [0.25, 0.3) is 0 Å². The van der Waals surface area contributed by atoms with Gasteiger partial charge in [-0.2, -0.15) is 21.0 Å². The number of anilines is 4. The van der Waals surface area contributed by atoms with E-state index in [0.717, 1.165) is 11.4 Å². The van der Waals surface area contributed by atoms with Crippen LogP contribution in [0.15, 0.2) is 102 Å². The van der Waals surface area contributed by atoms with Crippen molar-refractivity contribution in [2.45, 2.75) is 37.9 Å². The summed E-state index contributed by atoms with van der Waals surface area (Å²) in [5.41, 5.74) is 17.7. The summed E-state index contributed by atoms with van der Waals surface area (Å²) in [4.78, 5) is 37.4. The Morgan fingerprint density at radius 3 is 1.57 bits per heavy atom. The summed E-state index contributed by atoms with van der Waals surface area (Å²) >= 11 is 11.9. The van der Waals surface area contributed by atoms with E-state index in [1.807, 2.05) is 48.5 Å². The molecule has 0 saturated carbocycles. The number of nitrogens with two attached hydrogens (primary N) is 2. The number of aromatic amines is 1. The van der Waals surface area contributed by atoms with Gasteiger partial charge in [-0.3, -0.25) is 19.6 Å². The fraction of sp³-hybridized carbons (Fsp3) is 0.116. The van der Waals surface area contributed by atoms with Crippen LogP contribution < -0.4 is 22.1 Å². The van der Waals surface area contributed by atoms with Crippen LogP contribution in [-0.2, 0) is 21.2 Å². The Morgan fingerprint density at radius 2 is 1.18 bits per heavy atom. The van der Waals surface area contributed by atoms with Gasteiger partial charge < -0.3 is 27.1 Å². The average Bonchev–Trinajstić information content (AvgIpc) is 3.23. The molecule has 0 bridgehead atoms. The van der Waals surface area contributed by atoms with E-state index in [2.05, 4.69) is 42.7 Å². The highest BCUT2D eigenvalue weighted by molar-refractivity contribution is 7.98. The number of nitrogens with one attached hydrogen (secondary N) is 3. The first-order valence-electron chi connectivity index (χ1n) is 17.2. The number of amides is 2. The van der Waals surface area contributed by atoms with Crippen LogP contribution in [0.25, 0.3) is 22.3 Å². The molecule has 0 radical (unpaired) electrons. The van der Waals surface area contributed by atoms with Crippen LogP contribution in [0.1, 0.15) is 54.9 Å². The molecule has 308 valence electrons. The monoisotopic (exact) mass is 888 g/mol. The fourth-order valence-corrected chi connectivity index (χ4v) is 6.60. The maximum Gasteiger partial charge on any atom is 0.221 e. The Morgan fingerprint density at radius 1 is 0.721 bits per heavy atom. The quantitative estimate of drug-likeness (QED) is 0.0543. The van der Waals surface area contributed by atoms with Gasteiger partial charge in [-0.1, -0.05) is 67.8 Å². The Hall–Kier alpha value is -7.31. The van der Waals surface area contributed by atoms with Crippen LogP contribution in [0, 0.1) is 50.0 Å². The number of pyridine rings is 4. The Labute approximate surface area is 373 Å². The van der Waals surface area contributed by atoms with Crippen LogP contribution in [0.3, 0.4) is 0 Å².